The number of hydrogen-bond acceptors (Lipinski definition) is 5. The molecule has 1 aromatic heterocycles. The Kier molecular flexibility index (Phi) is 6.96. The van der Waals surface area contributed by atoms with Crippen molar-refractivity contribution in [2.45, 2.75) is 19.0 Å². The highest BCUT2D eigenvalue weighted by Gasteiger charge is 2.44. The Morgan fingerprint density at radius 3 is 2.49 bits per heavy atom. The number of hydrogen-bond donors (Lipinski definition) is 1. The van der Waals surface area contributed by atoms with E-state index in [9.17, 15) is 22.8 Å². The molecule has 0 unspecified atom stereocenters. The highest BCUT2D eigenvalue weighted by molar-refractivity contribution is 5.93. The standard InChI is InChI=1S/C25H26F3N5O2/c1-30-23(34)20-15-33(24(35)22-4-2-3-9-31-22)14-19(20)16-7-10-32(11-8-16)18-6-5-17(13-29)21(12-18)25(26,27)28/h2-6,9,12,16,19-20H,7-8,10-11,14-15H2,1H3,(H,30,34)/t19-,20+/m0/s1. The summed E-state index contributed by atoms with van der Waals surface area (Å²) in [5.74, 6) is -0.574. The number of nitrogens with zero attached hydrogens (tertiary/aromatic N) is 4. The van der Waals surface area contributed by atoms with Crippen LogP contribution in [0.15, 0.2) is 42.6 Å². The monoisotopic (exact) mass is 485 g/mol. The number of rotatable bonds is 4. The first kappa shape index (κ1) is 24.5. The zero-order valence-electron chi connectivity index (χ0n) is 19.3. The van der Waals surface area contributed by atoms with Crippen molar-refractivity contribution >= 4 is 17.5 Å². The Labute approximate surface area is 201 Å². The predicted molar refractivity (Wildman–Crippen MR) is 122 cm³/mol. The second kappa shape index (κ2) is 9.94. The van der Waals surface area contributed by atoms with Crippen LogP contribution in [0.2, 0.25) is 0 Å². The first-order valence-corrected chi connectivity index (χ1v) is 11.5. The fourth-order valence-electron chi connectivity index (χ4n) is 5.23. The van der Waals surface area contributed by atoms with Crippen LogP contribution < -0.4 is 10.2 Å². The minimum absolute atomic E-state index is 0.0449. The van der Waals surface area contributed by atoms with Crippen LogP contribution in [0.5, 0.6) is 0 Å². The lowest BCUT2D eigenvalue weighted by Gasteiger charge is -2.37. The number of aromatic nitrogens is 1. The Bertz CT molecular complexity index is 1120. The molecule has 0 spiro atoms. The largest absolute Gasteiger partial charge is 0.417 e. The number of alkyl halides is 3. The number of nitrogens with one attached hydrogen (secondary N) is 1. The fourth-order valence-corrected chi connectivity index (χ4v) is 5.23. The summed E-state index contributed by atoms with van der Waals surface area (Å²) in [7, 11) is 1.58. The molecule has 35 heavy (non-hydrogen) atoms. The molecule has 2 aliphatic rings. The molecule has 0 radical (unpaired) electrons. The van der Waals surface area contributed by atoms with Gasteiger partial charge in [-0.25, -0.2) is 0 Å². The molecule has 0 saturated carbocycles. The zero-order chi connectivity index (χ0) is 25.2. The summed E-state index contributed by atoms with van der Waals surface area (Å²) < 4.78 is 40.1. The molecule has 3 heterocycles. The lowest BCUT2D eigenvalue weighted by Crippen LogP contribution is -2.41. The van der Waals surface area contributed by atoms with Crippen LogP contribution in [-0.2, 0) is 11.0 Å². The lowest BCUT2D eigenvalue weighted by atomic mass is 9.78. The van der Waals surface area contributed by atoms with Gasteiger partial charge in [-0.1, -0.05) is 6.07 Å². The topological polar surface area (TPSA) is 89.3 Å². The van der Waals surface area contributed by atoms with Gasteiger partial charge in [0.2, 0.25) is 5.91 Å². The van der Waals surface area contributed by atoms with Gasteiger partial charge in [0.1, 0.15) is 5.69 Å². The van der Waals surface area contributed by atoms with Gasteiger partial charge < -0.3 is 15.1 Å². The summed E-state index contributed by atoms with van der Waals surface area (Å²) in [5, 5.41) is 11.7. The molecule has 1 N–H and O–H groups in total. The fraction of sp³-hybridized carbons (Fsp3) is 0.440. The number of carbonyl (C=O) groups excluding carboxylic acids is 2. The number of likely N-dealkylation sites (tertiary alicyclic amines) is 1. The van der Waals surface area contributed by atoms with E-state index in [4.69, 9.17) is 5.26 Å². The second-order valence-corrected chi connectivity index (χ2v) is 8.97. The van der Waals surface area contributed by atoms with Crippen LogP contribution >= 0.6 is 0 Å². The van der Waals surface area contributed by atoms with Crippen LogP contribution in [0.25, 0.3) is 0 Å². The molecule has 2 fully saturated rings. The summed E-state index contributed by atoms with van der Waals surface area (Å²) in [6, 6.07) is 10.5. The van der Waals surface area contributed by atoms with E-state index in [1.807, 2.05) is 4.90 Å². The van der Waals surface area contributed by atoms with Crippen molar-refractivity contribution in [3.8, 4) is 6.07 Å². The van der Waals surface area contributed by atoms with Crippen molar-refractivity contribution in [1.29, 1.82) is 5.26 Å². The van der Waals surface area contributed by atoms with Crippen LogP contribution in [-0.4, -0.2) is 54.9 Å². The maximum atomic E-state index is 13.4. The van der Waals surface area contributed by atoms with E-state index in [0.717, 1.165) is 6.07 Å². The van der Waals surface area contributed by atoms with Gasteiger partial charge in [0.15, 0.2) is 0 Å². The van der Waals surface area contributed by atoms with Crippen LogP contribution in [0.1, 0.15) is 34.5 Å². The number of piperidine rings is 1. The van der Waals surface area contributed by atoms with Crippen LogP contribution in [0, 0.1) is 29.1 Å². The van der Waals surface area contributed by atoms with Crippen molar-refractivity contribution < 1.29 is 22.8 Å². The summed E-state index contributed by atoms with van der Waals surface area (Å²) in [4.78, 5) is 33.3. The predicted octanol–water partition coefficient (Wildman–Crippen LogP) is 3.32. The Morgan fingerprint density at radius 1 is 1.14 bits per heavy atom. The van der Waals surface area contributed by atoms with E-state index in [0.29, 0.717) is 50.4 Å². The van der Waals surface area contributed by atoms with Gasteiger partial charge in [0.25, 0.3) is 5.91 Å². The summed E-state index contributed by atoms with van der Waals surface area (Å²) in [6.07, 6.45) is -1.68. The minimum Gasteiger partial charge on any atom is -0.372 e. The normalized spacial score (nSPS) is 21.0. The van der Waals surface area contributed by atoms with Gasteiger partial charge in [0.05, 0.1) is 23.1 Å². The average Bonchev–Trinajstić information content (AvgIpc) is 3.33. The molecular weight excluding hydrogens is 459 g/mol. The maximum Gasteiger partial charge on any atom is 0.417 e. The third-order valence-electron chi connectivity index (χ3n) is 7.06. The van der Waals surface area contributed by atoms with E-state index < -0.39 is 17.3 Å². The third kappa shape index (κ3) is 5.09. The van der Waals surface area contributed by atoms with Crippen molar-refractivity contribution in [3.63, 3.8) is 0 Å². The zero-order valence-corrected chi connectivity index (χ0v) is 19.3. The van der Waals surface area contributed by atoms with E-state index >= 15 is 0 Å². The van der Waals surface area contributed by atoms with Gasteiger partial charge in [-0.3, -0.25) is 14.6 Å². The van der Waals surface area contributed by atoms with Gasteiger partial charge >= 0.3 is 6.18 Å². The number of halogens is 3. The summed E-state index contributed by atoms with van der Waals surface area (Å²) >= 11 is 0. The average molecular weight is 486 g/mol. The quantitative estimate of drug-likeness (QED) is 0.718. The van der Waals surface area contributed by atoms with Gasteiger partial charge in [-0.15, -0.1) is 0 Å². The van der Waals surface area contributed by atoms with Gasteiger partial charge in [0, 0.05) is 45.1 Å². The number of carbonyl (C=O) groups is 2. The number of amides is 2. The van der Waals surface area contributed by atoms with Gasteiger partial charge in [-0.05, 0) is 55.0 Å². The highest BCUT2D eigenvalue weighted by Crippen LogP contribution is 2.39. The van der Waals surface area contributed by atoms with E-state index in [1.165, 1.54) is 6.07 Å². The van der Waals surface area contributed by atoms with Crippen molar-refractivity contribution in [1.82, 2.24) is 15.2 Å². The first-order valence-electron chi connectivity index (χ1n) is 11.5. The second-order valence-electron chi connectivity index (χ2n) is 8.97. The molecule has 0 bridgehead atoms. The smallest absolute Gasteiger partial charge is 0.372 e. The molecule has 1 aromatic carbocycles. The minimum atomic E-state index is -4.60. The van der Waals surface area contributed by atoms with E-state index in [1.54, 1.807) is 48.5 Å². The number of nitriles is 1. The molecule has 10 heteroatoms. The molecular formula is C25H26F3N5O2. The molecule has 2 amide bonds. The van der Waals surface area contributed by atoms with E-state index in [2.05, 4.69) is 10.3 Å². The summed E-state index contributed by atoms with van der Waals surface area (Å²) in [5.41, 5.74) is -0.567. The lowest BCUT2D eigenvalue weighted by molar-refractivity contribution is -0.137. The highest BCUT2D eigenvalue weighted by atomic mass is 19.4. The Hall–Kier alpha value is -3.61. The van der Waals surface area contributed by atoms with Crippen LogP contribution in [0.3, 0.4) is 0 Å². The summed E-state index contributed by atoms with van der Waals surface area (Å²) in [6.45, 7) is 1.80. The van der Waals surface area contributed by atoms with Gasteiger partial charge in [-0.2, -0.15) is 18.4 Å². The Morgan fingerprint density at radius 2 is 1.89 bits per heavy atom. The maximum absolute atomic E-state index is 13.4. The molecule has 2 aromatic rings. The number of anilines is 1. The van der Waals surface area contributed by atoms with Crippen molar-refractivity contribution in [2.75, 3.05) is 38.1 Å². The molecule has 2 saturated heterocycles. The van der Waals surface area contributed by atoms with Crippen LogP contribution in [0.4, 0.5) is 18.9 Å². The molecule has 4 rings (SSSR count). The Balaban J connectivity index is 1.47. The SMILES string of the molecule is CNC(=O)[C@@H]1CN(C(=O)c2ccccn2)C[C@H]1C1CCN(c2ccc(C#N)c(C(F)(F)F)c2)CC1. The molecule has 2 atom stereocenters. The third-order valence-corrected chi connectivity index (χ3v) is 7.06. The molecule has 2 aliphatic heterocycles. The van der Waals surface area contributed by atoms with Crippen molar-refractivity contribution in [3.05, 3.63) is 59.4 Å². The molecule has 184 valence electrons. The first-order chi connectivity index (χ1) is 16.7. The van der Waals surface area contributed by atoms with E-state index in [-0.39, 0.29) is 29.6 Å². The van der Waals surface area contributed by atoms with Crippen molar-refractivity contribution in [2.24, 2.45) is 17.8 Å². The number of pyridine rings is 1. The molecule has 0 aliphatic carbocycles. The molecule has 7 nitrogen and oxygen atoms in total. The number of benzene rings is 1.